The number of para-hydroxylation sites is 1. The first-order valence-electron chi connectivity index (χ1n) is 10.4. The van der Waals surface area contributed by atoms with Gasteiger partial charge in [-0.05, 0) is 25.0 Å². The first-order chi connectivity index (χ1) is 14.7. The number of nitrogens with one attached hydrogen (secondary N) is 1. The number of amides is 2. The lowest BCUT2D eigenvalue weighted by Crippen LogP contribution is -2.40. The molecule has 3 aromatic rings. The molecule has 1 saturated heterocycles. The van der Waals surface area contributed by atoms with Gasteiger partial charge in [-0.25, -0.2) is 4.68 Å². The van der Waals surface area contributed by atoms with Crippen molar-refractivity contribution in [2.24, 2.45) is 0 Å². The minimum Gasteiger partial charge on any atom is -0.350 e. The molecule has 0 unspecified atom stereocenters. The summed E-state index contributed by atoms with van der Waals surface area (Å²) in [7, 11) is 0. The van der Waals surface area contributed by atoms with Crippen molar-refractivity contribution in [3.8, 4) is 16.9 Å². The molecule has 1 aromatic heterocycles. The number of benzene rings is 2. The highest BCUT2D eigenvalue weighted by Crippen LogP contribution is 2.23. The van der Waals surface area contributed by atoms with Crippen LogP contribution in [0.15, 0.2) is 66.9 Å². The smallest absolute Gasteiger partial charge is 0.239 e. The lowest BCUT2D eigenvalue weighted by atomic mass is 10.1. The van der Waals surface area contributed by atoms with Gasteiger partial charge in [-0.1, -0.05) is 55.0 Å². The predicted octanol–water partition coefficient (Wildman–Crippen LogP) is 3.56. The lowest BCUT2D eigenvalue weighted by molar-refractivity contribution is -0.135. The third kappa shape index (κ3) is 4.76. The highest BCUT2D eigenvalue weighted by molar-refractivity contribution is 5.85. The van der Waals surface area contributed by atoms with Crippen LogP contribution in [0.1, 0.15) is 31.2 Å². The maximum Gasteiger partial charge on any atom is 0.239 e. The first-order valence-corrected chi connectivity index (χ1v) is 10.4. The van der Waals surface area contributed by atoms with Crippen molar-refractivity contribution in [3.05, 3.63) is 72.4 Å². The number of hydrogen-bond donors (Lipinski definition) is 1. The van der Waals surface area contributed by atoms with Crippen molar-refractivity contribution in [2.75, 3.05) is 13.1 Å². The van der Waals surface area contributed by atoms with Gasteiger partial charge in [-0.3, -0.25) is 9.59 Å². The molecule has 0 radical (unpaired) electrons. The maximum atomic E-state index is 12.5. The van der Waals surface area contributed by atoms with Gasteiger partial charge in [0.1, 0.15) is 0 Å². The molecule has 2 aromatic carbocycles. The van der Waals surface area contributed by atoms with Crippen LogP contribution < -0.4 is 5.32 Å². The quantitative estimate of drug-likeness (QED) is 0.686. The van der Waals surface area contributed by atoms with Crippen LogP contribution >= 0.6 is 0 Å². The van der Waals surface area contributed by atoms with Crippen molar-refractivity contribution in [1.29, 1.82) is 0 Å². The van der Waals surface area contributed by atoms with Gasteiger partial charge in [-0.15, -0.1) is 0 Å². The molecular formula is C24H26N4O2. The fraction of sp³-hybridized carbons (Fsp3) is 0.292. The molecule has 154 valence electrons. The molecule has 0 saturated carbocycles. The van der Waals surface area contributed by atoms with E-state index in [1.54, 1.807) is 4.90 Å². The zero-order valence-corrected chi connectivity index (χ0v) is 17.0. The van der Waals surface area contributed by atoms with Crippen LogP contribution in [-0.2, 0) is 16.1 Å². The summed E-state index contributed by atoms with van der Waals surface area (Å²) in [5.74, 6) is -0.0683. The van der Waals surface area contributed by atoms with Crippen LogP contribution in [0.25, 0.3) is 16.9 Å². The molecule has 4 rings (SSSR count). The van der Waals surface area contributed by atoms with E-state index in [0.29, 0.717) is 19.5 Å². The molecule has 30 heavy (non-hydrogen) atoms. The largest absolute Gasteiger partial charge is 0.350 e. The lowest BCUT2D eigenvalue weighted by Gasteiger charge is -2.19. The second-order valence-corrected chi connectivity index (χ2v) is 7.55. The maximum absolute atomic E-state index is 12.5. The van der Waals surface area contributed by atoms with Gasteiger partial charge < -0.3 is 10.2 Å². The van der Waals surface area contributed by atoms with E-state index in [-0.39, 0.29) is 18.4 Å². The average Bonchev–Trinajstić information content (AvgIpc) is 3.12. The van der Waals surface area contributed by atoms with Crippen LogP contribution in [0.2, 0.25) is 0 Å². The Morgan fingerprint density at radius 1 is 0.967 bits per heavy atom. The van der Waals surface area contributed by atoms with Crippen LogP contribution in [0.3, 0.4) is 0 Å². The second-order valence-electron chi connectivity index (χ2n) is 7.55. The SMILES string of the molecule is O=C(CN1CCCCCC1=O)NCc1cn(-c2ccccc2)nc1-c1ccccc1. The van der Waals surface area contributed by atoms with Gasteiger partial charge in [-0.2, -0.15) is 5.10 Å². The molecule has 0 atom stereocenters. The third-order valence-electron chi connectivity index (χ3n) is 5.34. The number of carbonyl (C=O) groups excluding carboxylic acids is 2. The number of aromatic nitrogens is 2. The predicted molar refractivity (Wildman–Crippen MR) is 116 cm³/mol. The van der Waals surface area contributed by atoms with E-state index in [9.17, 15) is 9.59 Å². The summed E-state index contributed by atoms with van der Waals surface area (Å²) in [6.45, 7) is 1.14. The summed E-state index contributed by atoms with van der Waals surface area (Å²) in [5.41, 5.74) is 3.73. The Hall–Kier alpha value is -3.41. The zero-order valence-electron chi connectivity index (χ0n) is 17.0. The first kappa shape index (κ1) is 19.9. The van der Waals surface area contributed by atoms with E-state index >= 15 is 0 Å². The van der Waals surface area contributed by atoms with Crippen LogP contribution in [0.4, 0.5) is 0 Å². The highest BCUT2D eigenvalue weighted by atomic mass is 16.2. The van der Waals surface area contributed by atoms with E-state index < -0.39 is 0 Å². The summed E-state index contributed by atoms with van der Waals surface area (Å²) in [5, 5.41) is 7.75. The van der Waals surface area contributed by atoms with Crippen molar-refractivity contribution in [2.45, 2.75) is 32.2 Å². The summed E-state index contributed by atoms with van der Waals surface area (Å²) in [6, 6.07) is 19.8. The average molecular weight is 402 g/mol. The van der Waals surface area contributed by atoms with E-state index in [1.807, 2.05) is 71.5 Å². The standard InChI is InChI=1S/C24H26N4O2/c29-22(18-27-15-9-3-8-14-23(27)30)25-16-20-17-28(21-12-6-2-7-13-21)26-24(20)19-10-4-1-5-11-19/h1-2,4-7,10-13,17H,3,8-9,14-16,18H2,(H,25,29). The van der Waals surface area contributed by atoms with Crippen molar-refractivity contribution in [1.82, 2.24) is 20.0 Å². The Bertz CT molecular complexity index is 999. The summed E-state index contributed by atoms with van der Waals surface area (Å²) in [6.07, 6.45) is 5.41. The van der Waals surface area contributed by atoms with E-state index in [2.05, 4.69) is 5.32 Å². The Kier molecular flexibility index (Phi) is 6.23. The Morgan fingerprint density at radius 2 is 1.70 bits per heavy atom. The van der Waals surface area contributed by atoms with Crippen LogP contribution in [0, 0.1) is 0 Å². The number of rotatable bonds is 6. The highest BCUT2D eigenvalue weighted by Gasteiger charge is 2.20. The van der Waals surface area contributed by atoms with E-state index in [0.717, 1.165) is 41.8 Å². The Balaban J connectivity index is 1.50. The monoisotopic (exact) mass is 402 g/mol. The molecule has 6 heteroatoms. The molecule has 0 spiro atoms. The van der Waals surface area contributed by atoms with Gasteiger partial charge in [0.05, 0.1) is 17.9 Å². The molecule has 6 nitrogen and oxygen atoms in total. The number of nitrogens with zero attached hydrogens (tertiary/aromatic N) is 3. The second kappa shape index (κ2) is 9.39. The third-order valence-corrected chi connectivity index (χ3v) is 5.34. The van der Waals surface area contributed by atoms with Gasteiger partial charge in [0, 0.05) is 36.8 Å². The zero-order chi connectivity index (χ0) is 20.8. The van der Waals surface area contributed by atoms with Gasteiger partial charge in [0.25, 0.3) is 0 Å². The van der Waals surface area contributed by atoms with Crippen molar-refractivity contribution < 1.29 is 9.59 Å². The van der Waals surface area contributed by atoms with Gasteiger partial charge in [0.2, 0.25) is 11.8 Å². The minimum absolute atomic E-state index is 0.0736. The van der Waals surface area contributed by atoms with E-state index in [1.165, 1.54) is 0 Å². The minimum atomic E-state index is -0.142. The molecule has 1 N–H and O–H groups in total. The van der Waals surface area contributed by atoms with Crippen molar-refractivity contribution >= 4 is 11.8 Å². The van der Waals surface area contributed by atoms with Crippen LogP contribution in [0.5, 0.6) is 0 Å². The molecule has 0 bridgehead atoms. The normalized spacial score (nSPS) is 14.4. The number of hydrogen-bond acceptors (Lipinski definition) is 3. The molecular weight excluding hydrogens is 376 g/mol. The Morgan fingerprint density at radius 3 is 2.47 bits per heavy atom. The molecule has 1 aliphatic heterocycles. The molecule has 2 amide bonds. The van der Waals surface area contributed by atoms with Crippen LogP contribution in [-0.4, -0.2) is 39.6 Å². The molecule has 1 aliphatic rings. The summed E-state index contributed by atoms with van der Waals surface area (Å²) < 4.78 is 1.84. The number of carbonyl (C=O) groups is 2. The molecule has 1 fully saturated rings. The number of likely N-dealkylation sites (tertiary alicyclic amines) is 1. The molecule has 2 heterocycles. The van der Waals surface area contributed by atoms with Gasteiger partial charge >= 0.3 is 0 Å². The summed E-state index contributed by atoms with van der Waals surface area (Å²) in [4.78, 5) is 26.4. The van der Waals surface area contributed by atoms with Crippen molar-refractivity contribution in [3.63, 3.8) is 0 Å². The fourth-order valence-corrected chi connectivity index (χ4v) is 3.72. The topological polar surface area (TPSA) is 67.2 Å². The summed E-state index contributed by atoms with van der Waals surface area (Å²) >= 11 is 0. The fourth-order valence-electron chi connectivity index (χ4n) is 3.72. The molecule has 0 aliphatic carbocycles. The Labute approximate surface area is 176 Å². The van der Waals surface area contributed by atoms with Gasteiger partial charge in [0.15, 0.2) is 0 Å². The van der Waals surface area contributed by atoms with E-state index in [4.69, 9.17) is 5.10 Å².